The Kier molecular flexibility index (Phi) is 8.96. The number of benzene rings is 1. The molecule has 0 radical (unpaired) electrons. The number of rotatable bonds is 9. The molecule has 1 saturated carbocycles. The van der Waals surface area contributed by atoms with Crippen molar-refractivity contribution >= 4 is 22.9 Å². The number of nitrogens with one attached hydrogen (secondary N) is 1. The van der Waals surface area contributed by atoms with Gasteiger partial charge in [-0.3, -0.25) is 9.00 Å². The summed E-state index contributed by atoms with van der Waals surface area (Å²) in [6.45, 7) is 4.30. The topological polar surface area (TPSA) is 81.7 Å². The molecule has 0 aliphatic heterocycles. The molecule has 1 aliphatic rings. The highest BCUT2D eigenvalue weighted by Crippen LogP contribution is 2.31. The second kappa shape index (κ2) is 11.2. The van der Waals surface area contributed by atoms with Crippen LogP contribution in [-0.4, -0.2) is 40.4 Å². The third kappa shape index (κ3) is 6.93. The molecule has 0 spiro atoms. The lowest BCUT2D eigenvalue weighted by Gasteiger charge is -2.23. The van der Waals surface area contributed by atoms with Crippen LogP contribution < -0.4 is 5.32 Å². The minimum absolute atomic E-state index is 0.192. The normalized spacial score (nSPS) is 21.1. The Morgan fingerprint density at radius 2 is 1.93 bits per heavy atom. The minimum atomic E-state index is -1.22. The molecule has 1 N–H and O–H groups in total. The van der Waals surface area contributed by atoms with Gasteiger partial charge in [0.05, 0.1) is 13.0 Å². The maximum Gasteiger partial charge on any atom is 0.407 e. The molecule has 1 aliphatic carbocycles. The molecule has 1 unspecified atom stereocenters. The average Bonchev–Trinajstić information content (AvgIpc) is 3.16. The van der Waals surface area contributed by atoms with Crippen LogP contribution in [0.5, 0.6) is 0 Å². The summed E-state index contributed by atoms with van der Waals surface area (Å²) in [5.41, 5.74) is 0.911. The van der Waals surface area contributed by atoms with E-state index < -0.39 is 16.9 Å². The van der Waals surface area contributed by atoms with Crippen LogP contribution in [0.25, 0.3) is 0 Å². The highest BCUT2D eigenvalue weighted by atomic mass is 32.2. The summed E-state index contributed by atoms with van der Waals surface area (Å²) in [5, 5.41) is 2.66. The zero-order valence-corrected chi connectivity index (χ0v) is 17.7. The Balaban J connectivity index is 1.92. The molecule has 156 valence electrons. The smallest absolute Gasteiger partial charge is 0.407 e. The molecule has 1 fully saturated rings. The highest BCUT2D eigenvalue weighted by molar-refractivity contribution is 7.85. The number of amides is 1. The summed E-state index contributed by atoms with van der Waals surface area (Å²) >= 11 is 0. The fraction of sp³-hybridized carbons (Fsp3) is 0.619. The molecule has 0 aromatic heterocycles. The van der Waals surface area contributed by atoms with E-state index in [0.29, 0.717) is 24.5 Å². The van der Waals surface area contributed by atoms with E-state index in [0.717, 1.165) is 18.4 Å². The third-order valence-electron chi connectivity index (χ3n) is 4.95. The summed E-state index contributed by atoms with van der Waals surface area (Å²) in [6, 6.07) is 9.20. The fourth-order valence-electron chi connectivity index (χ4n) is 3.65. The van der Waals surface area contributed by atoms with Crippen molar-refractivity contribution < 1.29 is 23.3 Å². The van der Waals surface area contributed by atoms with E-state index in [1.165, 1.54) is 7.11 Å². The zero-order chi connectivity index (χ0) is 20.5. The van der Waals surface area contributed by atoms with Gasteiger partial charge in [0.15, 0.2) is 0 Å². The average molecular weight is 410 g/mol. The first kappa shape index (κ1) is 22.4. The molecule has 1 aromatic rings. The molecule has 0 bridgehead atoms. The zero-order valence-electron chi connectivity index (χ0n) is 16.9. The lowest BCUT2D eigenvalue weighted by molar-refractivity contribution is -0.145. The van der Waals surface area contributed by atoms with Gasteiger partial charge in [0, 0.05) is 27.8 Å². The molecule has 1 aromatic carbocycles. The second-order valence-electron chi connectivity index (χ2n) is 7.68. The highest BCUT2D eigenvalue weighted by Gasteiger charge is 2.38. The van der Waals surface area contributed by atoms with Crippen molar-refractivity contribution in [2.24, 2.45) is 11.8 Å². The monoisotopic (exact) mass is 409 g/mol. The Labute approximate surface area is 169 Å². The van der Waals surface area contributed by atoms with E-state index in [1.807, 2.05) is 30.3 Å². The quantitative estimate of drug-likeness (QED) is 0.632. The summed E-state index contributed by atoms with van der Waals surface area (Å²) in [6.07, 6.45) is 2.52. The molecule has 1 amide bonds. The van der Waals surface area contributed by atoms with Crippen LogP contribution in [0.1, 0.15) is 45.1 Å². The lowest BCUT2D eigenvalue weighted by atomic mass is 10.1. The first-order chi connectivity index (χ1) is 13.4. The van der Waals surface area contributed by atoms with Gasteiger partial charge in [0.25, 0.3) is 0 Å². The van der Waals surface area contributed by atoms with E-state index in [2.05, 4.69) is 19.2 Å². The van der Waals surface area contributed by atoms with Crippen molar-refractivity contribution in [3.63, 3.8) is 0 Å². The molecule has 0 saturated heterocycles. The van der Waals surface area contributed by atoms with E-state index in [4.69, 9.17) is 9.47 Å². The number of esters is 1. The van der Waals surface area contributed by atoms with Crippen LogP contribution >= 0.6 is 0 Å². The Morgan fingerprint density at radius 1 is 1.21 bits per heavy atom. The standard InChI is InChI=1S/C21H31NO5S/c1-15(2)12-17(22-21(24)27-13-16-8-5-4-6-9-16)14-28(25)19-11-7-10-18(19)20(23)26-3/h4-6,8-9,15,17-19H,7,10-14H2,1-3H3,(H,22,24)/t17-,18-,19-,28?/m1/s1. The predicted molar refractivity (Wildman–Crippen MR) is 109 cm³/mol. The predicted octanol–water partition coefficient (Wildman–Crippen LogP) is 3.42. The van der Waals surface area contributed by atoms with Crippen LogP contribution in [0.3, 0.4) is 0 Å². The molecule has 0 heterocycles. The number of ether oxygens (including phenoxy) is 2. The van der Waals surface area contributed by atoms with Gasteiger partial charge in [-0.1, -0.05) is 50.6 Å². The summed E-state index contributed by atoms with van der Waals surface area (Å²) in [5.74, 6) is 0.0509. The van der Waals surface area contributed by atoms with Crippen molar-refractivity contribution in [1.29, 1.82) is 0 Å². The van der Waals surface area contributed by atoms with E-state index in [-0.39, 0.29) is 29.8 Å². The summed E-state index contributed by atoms with van der Waals surface area (Å²) < 4.78 is 23.1. The van der Waals surface area contributed by atoms with E-state index in [1.54, 1.807) is 0 Å². The number of hydrogen-bond acceptors (Lipinski definition) is 5. The molecule has 28 heavy (non-hydrogen) atoms. The lowest BCUT2D eigenvalue weighted by Crippen LogP contribution is -2.42. The van der Waals surface area contributed by atoms with Crippen molar-refractivity contribution in [2.75, 3.05) is 12.9 Å². The summed E-state index contributed by atoms with van der Waals surface area (Å²) in [4.78, 5) is 24.2. The first-order valence-corrected chi connectivity index (χ1v) is 11.2. The van der Waals surface area contributed by atoms with Crippen molar-refractivity contribution in [1.82, 2.24) is 5.32 Å². The fourth-order valence-corrected chi connectivity index (χ4v) is 5.56. The molecule has 4 atom stereocenters. The summed E-state index contributed by atoms with van der Waals surface area (Å²) in [7, 11) is 0.146. The number of methoxy groups -OCH3 is 1. The van der Waals surface area contributed by atoms with Crippen molar-refractivity contribution in [3.8, 4) is 0 Å². The van der Waals surface area contributed by atoms with E-state index in [9.17, 15) is 13.8 Å². The Bertz CT molecular complexity index is 664. The van der Waals surface area contributed by atoms with Crippen molar-refractivity contribution in [3.05, 3.63) is 35.9 Å². The maximum atomic E-state index is 12.9. The number of carbonyl (C=O) groups excluding carboxylic acids is 2. The van der Waals surface area contributed by atoms with Gasteiger partial charge < -0.3 is 14.8 Å². The van der Waals surface area contributed by atoms with Gasteiger partial charge in [-0.25, -0.2) is 4.79 Å². The van der Waals surface area contributed by atoms with Crippen LogP contribution in [0.4, 0.5) is 4.79 Å². The van der Waals surface area contributed by atoms with Gasteiger partial charge in [-0.15, -0.1) is 0 Å². The molecule has 7 heteroatoms. The van der Waals surface area contributed by atoms with Gasteiger partial charge in [-0.05, 0) is 30.7 Å². The van der Waals surface area contributed by atoms with Crippen LogP contribution in [0.2, 0.25) is 0 Å². The molecular formula is C21H31NO5S. The van der Waals surface area contributed by atoms with Crippen LogP contribution in [-0.2, 0) is 31.7 Å². The maximum absolute atomic E-state index is 12.9. The molecule has 6 nitrogen and oxygen atoms in total. The van der Waals surface area contributed by atoms with Gasteiger partial charge in [0.2, 0.25) is 0 Å². The van der Waals surface area contributed by atoms with E-state index >= 15 is 0 Å². The third-order valence-corrected chi connectivity index (χ3v) is 6.92. The van der Waals surface area contributed by atoms with Gasteiger partial charge in [-0.2, -0.15) is 0 Å². The second-order valence-corrected chi connectivity index (χ2v) is 9.38. The molecular weight excluding hydrogens is 378 g/mol. The number of hydrogen-bond donors (Lipinski definition) is 1. The van der Waals surface area contributed by atoms with Gasteiger partial charge in [0.1, 0.15) is 6.61 Å². The van der Waals surface area contributed by atoms with Crippen LogP contribution in [0.15, 0.2) is 30.3 Å². The van der Waals surface area contributed by atoms with Crippen molar-refractivity contribution in [2.45, 2.75) is 57.4 Å². The van der Waals surface area contributed by atoms with Crippen LogP contribution in [0, 0.1) is 11.8 Å². The molecule has 2 rings (SSSR count). The largest absolute Gasteiger partial charge is 0.469 e. The first-order valence-electron chi connectivity index (χ1n) is 9.83. The Hall–Kier alpha value is -1.89. The minimum Gasteiger partial charge on any atom is -0.469 e. The number of alkyl carbamates (subject to hydrolysis) is 1. The van der Waals surface area contributed by atoms with Gasteiger partial charge >= 0.3 is 12.1 Å². The SMILES string of the molecule is COC(=O)[C@@H]1CCC[C@H]1S(=O)C[C@@H](CC(C)C)NC(=O)OCc1ccccc1. The number of carbonyl (C=O) groups is 2. The Morgan fingerprint density at radius 3 is 2.57 bits per heavy atom.